The number of hydrogen-bond acceptors (Lipinski definition) is 1. The van der Waals surface area contributed by atoms with E-state index in [1.807, 2.05) is 13.8 Å². The van der Waals surface area contributed by atoms with Gasteiger partial charge >= 0.3 is 0 Å². The largest absolute Gasteiger partial charge is 0.384 e. The predicted octanol–water partition coefficient (Wildman–Crippen LogP) is 3.74. The second-order valence-electron chi connectivity index (χ2n) is 4.87. The molecule has 0 aliphatic heterocycles. The van der Waals surface area contributed by atoms with Crippen LogP contribution in [-0.2, 0) is 4.74 Å². The van der Waals surface area contributed by atoms with Gasteiger partial charge < -0.3 is 4.74 Å². The van der Waals surface area contributed by atoms with E-state index in [1.165, 1.54) is 5.57 Å². The van der Waals surface area contributed by atoms with Gasteiger partial charge in [-0.15, -0.1) is 0 Å². The maximum absolute atomic E-state index is 13.8. The minimum Gasteiger partial charge on any atom is -0.384 e. The van der Waals surface area contributed by atoms with Gasteiger partial charge in [0.25, 0.3) is 0 Å². The van der Waals surface area contributed by atoms with Gasteiger partial charge in [0.05, 0.1) is 6.61 Å². The molecule has 0 bridgehead atoms. The Bertz CT molecular complexity index is 237. The highest BCUT2D eigenvalue weighted by atomic mass is 19.1. The Morgan fingerprint density at radius 2 is 2.27 bits per heavy atom. The Balaban J connectivity index is 2.82. The summed E-state index contributed by atoms with van der Waals surface area (Å²) in [6, 6.07) is 0. The normalized spacial score (nSPS) is 30.1. The van der Waals surface area contributed by atoms with E-state index in [4.69, 9.17) is 4.74 Å². The summed E-state index contributed by atoms with van der Waals surface area (Å²) in [5.74, 6) is 0.0555. The molecule has 0 aromatic carbocycles. The average molecular weight is 214 g/mol. The molecular formula is C13H23FO. The van der Waals surface area contributed by atoms with Crippen molar-refractivity contribution in [3.8, 4) is 0 Å². The molecule has 0 unspecified atom stereocenters. The molecule has 0 aromatic rings. The number of alkyl halides is 1. The summed E-state index contributed by atoms with van der Waals surface area (Å²) in [5, 5.41) is 0. The van der Waals surface area contributed by atoms with Crippen LogP contribution in [0.5, 0.6) is 0 Å². The van der Waals surface area contributed by atoms with Gasteiger partial charge in [-0.1, -0.05) is 25.5 Å². The predicted molar refractivity (Wildman–Crippen MR) is 61.7 cm³/mol. The highest BCUT2D eigenvalue weighted by Crippen LogP contribution is 2.44. The van der Waals surface area contributed by atoms with E-state index in [0.717, 1.165) is 12.8 Å². The molecule has 0 saturated heterocycles. The molecule has 1 rings (SSSR count). The van der Waals surface area contributed by atoms with Crippen LogP contribution in [-0.4, -0.2) is 19.9 Å². The second-order valence-corrected chi connectivity index (χ2v) is 4.87. The van der Waals surface area contributed by atoms with Crippen LogP contribution in [0.1, 0.15) is 40.0 Å². The van der Waals surface area contributed by atoms with Gasteiger partial charge in [-0.3, -0.25) is 0 Å². The Morgan fingerprint density at radius 3 is 2.67 bits per heavy atom. The lowest BCUT2D eigenvalue weighted by Gasteiger charge is -2.35. The summed E-state index contributed by atoms with van der Waals surface area (Å²) in [6.45, 7) is 6.70. The number of halogens is 1. The maximum atomic E-state index is 13.8. The van der Waals surface area contributed by atoms with Gasteiger partial charge in [-0.05, 0) is 32.1 Å². The molecule has 0 radical (unpaired) electrons. The van der Waals surface area contributed by atoms with Crippen molar-refractivity contribution in [1.82, 2.24) is 0 Å². The van der Waals surface area contributed by atoms with E-state index in [-0.39, 0.29) is 11.3 Å². The van der Waals surface area contributed by atoms with Crippen molar-refractivity contribution in [1.29, 1.82) is 0 Å². The Hall–Kier alpha value is -0.370. The topological polar surface area (TPSA) is 9.23 Å². The van der Waals surface area contributed by atoms with Crippen molar-refractivity contribution in [2.24, 2.45) is 11.3 Å². The lowest BCUT2D eigenvalue weighted by atomic mass is 9.73. The number of ether oxygens (including phenoxy) is 1. The SMILES string of the molecule is CC[C@H](F)[C@H](C)[C@]1(COC)C=C(C)CC1. The third-order valence-electron chi connectivity index (χ3n) is 3.77. The Kier molecular flexibility index (Phi) is 4.32. The second kappa shape index (κ2) is 5.11. The Labute approximate surface area is 92.7 Å². The molecule has 0 spiro atoms. The van der Waals surface area contributed by atoms with Crippen LogP contribution in [0.4, 0.5) is 4.39 Å². The van der Waals surface area contributed by atoms with Crippen LogP contribution in [0.25, 0.3) is 0 Å². The minimum atomic E-state index is -0.720. The van der Waals surface area contributed by atoms with Gasteiger partial charge in [0.2, 0.25) is 0 Å². The Morgan fingerprint density at radius 1 is 1.60 bits per heavy atom. The monoisotopic (exact) mass is 214 g/mol. The van der Waals surface area contributed by atoms with Crippen LogP contribution in [0.2, 0.25) is 0 Å². The molecule has 2 heteroatoms. The quantitative estimate of drug-likeness (QED) is 0.633. The van der Waals surface area contributed by atoms with Crippen molar-refractivity contribution in [3.05, 3.63) is 11.6 Å². The maximum Gasteiger partial charge on any atom is 0.103 e. The molecule has 15 heavy (non-hydrogen) atoms. The van der Waals surface area contributed by atoms with Crippen LogP contribution < -0.4 is 0 Å². The molecular weight excluding hydrogens is 191 g/mol. The summed E-state index contributed by atoms with van der Waals surface area (Å²) < 4.78 is 19.1. The van der Waals surface area contributed by atoms with Crippen LogP contribution in [0, 0.1) is 11.3 Å². The molecule has 0 N–H and O–H groups in total. The average Bonchev–Trinajstić information content (AvgIpc) is 2.59. The molecule has 0 aromatic heterocycles. The van der Waals surface area contributed by atoms with Crippen molar-refractivity contribution in [2.75, 3.05) is 13.7 Å². The summed E-state index contributed by atoms with van der Waals surface area (Å²) in [6.07, 6.45) is 4.24. The van der Waals surface area contributed by atoms with Gasteiger partial charge in [-0.2, -0.15) is 0 Å². The smallest absolute Gasteiger partial charge is 0.103 e. The van der Waals surface area contributed by atoms with Crippen LogP contribution >= 0.6 is 0 Å². The van der Waals surface area contributed by atoms with E-state index in [1.54, 1.807) is 7.11 Å². The fraction of sp³-hybridized carbons (Fsp3) is 0.846. The zero-order chi connectivity index (χ0) is 11.5. The van der Waals surface area contributed by atoms with Gasteiger partial charge in [0.1, 0.15) is 6.17 Å². The molecule has 88 valence electrons. The first kappa shape index (κ1) is 12.7. The number of methoxy groups -OCH3 is 1. The summed E-state index contributed by atoms with van der Waals surface area (Å²) in [5.41, 5.74) is 1.32. The van der Waals surface area contributed by atoms with Gasteiger partial charge in [0.15, 0.2) is 0 Å². The first-order valence-corrected chi connectivity index (χ1v) is 5.87. The standard InChI is InChI=1S/C13H23FO/c1-5-12(14)11(3)13(9-15-4)7-6-10(2)8-13/h8,11-12H,5-7,9H2,1-4H3/t11-,12-,13-/m0/s1. The fourth-order valence-electron chi connectivity index (χ4n) is 2.65. The third-order valence-corrected chi connectivity index (χ3v) is 3.77. The van der Waals surface area contributed by atoms with E-state index in [0.29, 0.717) is 13.0 Å². The molecule has 1 aliphatic carbocycles. The lowest BCUT2D eigenvalue weighted by molar-refractivity contribution is 0.0363. The van der Waals surface area contributed by atoms with Crippen molar-refractivity contribution < 1.29 is 9.13 Å². The minimum absolute atomic E-state index is 0.0555. The molecule has 0 amide bonds. The lowest BCUT2D eigenvalue weighted by Crippen LogP contribution is -2.35. The van der Waals surface area contributed by atoms with E-state index in [2.05, 4.69) is 13.0 Å². The summed E-state index contributed by atoms with van der Waals surface area (Å²) in [4.78, 5) is 0. The van der Waals surface area contributed by atoms with Gasteiger partial charge in [0, 0.05) is 12.5 Å². The summed E-state index contributed by atoms with van der Waals surface area (Å²) >= 11 is 0. The number of hydrogen-bond donors (Lipinski definition) is 0. The van der Waals surface area contributed by atoms with E-state index in [9.17, 15) is 4.39 Å². The third kappa shape index (κ3) is 2.60. The first-order chi connectivity index (χ1) is 7.05. The van der Waals surface area contributed by atoms with E-state index < -0.39 is 6.17 Å². The first-order valence-electron chi connectivity index (χ1n) is 5.87. The fourth-order valence-corrected chi connectivity index (χ4v) is 2.65. The van der Waals surface area contributed by atoms with Crippen LogP contribution in [0.15, 0.2) is 11.6 Å². The molecule has 3 atom stereocenters. The molecule has 0 saturated carbocycles. The van der Waals surface area contributed by atoms with E-state index >= 15 is 0 Å². The highest BCUT2D eigenvalue weighted by Gasteiger charge is 2.40. The highest BCUT2D eigenvalue weighted by molar-refractivity contribution is 5.17. The van der Waals surface area contributed by atoms with Crippen molar-refractivity contribution in [2.45, 2.75) is 46.2 Å². The van der Waals surface area contributed by atoms with Crippen molar-refractivity contribution >= 4 is 0 Å². The molecule has 1 aliphatic rings. The van der Waals surface area contributed by atoms with Crippen LogP contribution in [0.3, 0.4) is 0 Å². The van der Waals surface area contributed by atoms with Gasteiger partial charge in [-0.25, -0.2) is 4.39 Å². The summed E-state index contributed by atoms with van der Waals surface area (Å²) in [7, 11) is 1.70. The number of rotatable bonds is 5. The molecule has 0 fully saturated rings. The molecule has 1 nitrogen and oxygen atoms in total. The zero-order valence-corrected chi connectivity index (χ0v) is 10.3. The number of allylic oxidation sites excluding steroid dienone is 1. The van der Waals surface area contributed by atoms with Crippen molar-refractivity contribution in [3.63, 3.8) is 0 Å². The molecule has 0 heterocycles. The zero-order valence-electron chi connectivity index (χ0n) is 10.3.